The zero-order chi connectivity index (χ0) is 22.2. The Morgan fingerprint density at radius 3 is 2.55 bits per heavy atom. The Kier molecular flexibility index (Phi) is 7.72. The lowest BCUT2D eigenvalue weighted by atomic mass is 9.97. The Bertz CT molecular complexity index is 1000. The second-order valence-electron chi connectivity index (χ2n) is 6.67. The van der Waals surface area contributed by atoms with Crippen molar-refractivity contribution in [3.05, 3.63) is 71.4 Å². The van der Waals surface area contributed by atoms with Gasteiger partial charge >= 0.3 is 5.97 Å². The summed E-state index contributed by atoms with van der Waals surface area (Å²) in [4.78, 5) is 29.7. The quantitative estimate of drug-likeness (QED) is 0.636. The summed E-state index contributed by atoms with van der Waals surface area (Å²) in [7, 11) is 1.56. The number of para-hydroxylation sites is 2. The highest BCUT2D eigenvalue weighted by atomic mass is 32.2. The first-order valence-electron chi connectivity index (χ1n) is 9.86. The van der Waals surface area contributed by atoms with Gasteiger partial charge in [0.1, 0.15) is 11.8 Å². The number of nitrogens with one attached hydrogen (secondary N) is 2. The average molecular weight is 440 g/mol. The van der Waals surface area contributed by atoms with Crippen LogP contribution in [0.25, 0.3) is 0 Å². The van der Waals surface area contributed by atoms with Gasteiger partial charge in [0.25, 0.3) is 0 Å². The van der Waals surface area contributed by atoms with Gasteiger partial charge in [-0.1, -0.05) is 54.2 Å². The van der Waals surface area contributed by atoms with Crippen molar-refractivity contribution in [3.63, 3.8) is 0 Å². The van der Waals surface area contributed by atoms with Crippen molar-refractivity contribution in [1.82, 2.24) is 5.32 Å². The molecule has 0 bridgehead atoms. The lowest BCUT2D eigenvalue weighted by Gasteiger charge is -2.25. The highest BCUT2D eigenvalue weighted by Gasteiger charge is 2.30. The molecule has 2 N–H and O–H groups in total. The van der Waals surface area contributed by atoms with Crippen LogP contribution in [0.15, 0.2) is 70.9 Å². The molecule has 2 aromatic rings. The number of hydrogen-bond donors (Lipinski definition) is 2. The number of ether oxygens (including phenoxy) is 2. The lowest BCUT2D eigenvalue weighted by molar-refractivity contribution is -0.139. The van der Waals surface area contributed by atoms with Gasteiger partial charge in [-0.25, -0.2) is 9.79 Å². The van der Waals surface area contributed by atoms with Crippen LogP contribution in [0.5, 0.6) is 5.75 Å². The number of nitrogens with zero attached hydrogens (tertiary/aromatic N) is 1. The maximum absolute atomic E-state index is 12.6. The van der Waals surface area contributed by atoms with Gasteiger partial charge in [0, 0.05) is 5.70 Å². The fraction of sp³-hybridized carbons (Fsp3) is 0.261. The molecule has 3 rings (SSSR count). The number of anilines is 1. The molecule has 0 aliphatic carbocycles. The molecule has 0 aromatic heterocycles. The molecule has 2 aromatic carbocycles. The number of carbonyl (C=O) groups is 2. The number of benzene rings is 2. The monoisotopic (exact) mass is 439 g/mol. The number of carbonyl (C=O) groups excluding carboxylic acids is 2. The predicted molar refractivity (Wildman–Crippen MR) is 123 cm³/mol. The molecule has 8 heteroatoms. The molecule has 0 radical (unpaired) electrons. The molecule has 1 atom stereocenters. The molecular weight excluding hydrogens is 414 g/mol. The van der Waals surface area contributed by atoms with E-state index in [4.69, 9.17) is 14.5 Å². The third kappa shape index (κ3) is 5.67. The number of amides is 1. The molecule has 1 aliphatic rings. The minimum Gasteiger partial charge on any atom is -0.495 e. The van der Waals surface area contributed by atoms with E-state index in [1.165, 1.54) is 11.8 Å². The summed E-state index contributed by atoms with van der Waals surface area (Å²) < 4.78 is 10.5. The molecule has 1 amide bonds. The van der Waals surface area contributed by atoms with E-state index in [0.29, 0.717) is 27.9 Å². The number of aliphatic imine (C=N–C) groups is 1. The van der Waals surface area contributed by atoms with E-state index in [1.54, 1.807) is 26.2 Å². The Labute approximate surface area is 185 Å². The number of amidine groups is 1. The van der Waals surface area contributed by atoms with Gasteiger partial charge in [-0.2, -0.15) is 0 Å². The smallest absolute Gasteiger partial charge is 0.338 e. The van der Waals surface area contributed by atoms with Crippen LogP contribution >= 0.6 is 11.8 Å². The van der Waals surface area contributed by atoms with Crippen LogP contribution in [0.3, 0.4) is 0 Å². The number of esters is 1. The predicted octanol–water partition coefficient (Wildman–Crippen LogP) is 3.90. The highest BCUT2D eigenvalue weighted by Crippen LogP contribution is 2.33. The van der Waals surface area contributed by atoms with Crippen molar-refractivity contribution >= 4 is 34.5 Å². The van der Waals surface area contributed by atoms with Gasteiger partial charge in [0.05, 0.1) is 30.7 Å². The van der Waals surface area contributed by atoms with Crippen LogP contribution in [0.4, 0.5) is 5.69 Å². The van der Waals surface area contributed by atoms with Crippen LogP contribution in [0.1, 0.15) is 25.5 Å². The van der Waals surface area contributed by atoms with E-state index in [-0.39, 0.29) is 18.3 Å². The van der Waals surface area contributed by atoms with E-state index in [1.807, 2.05) is 49.4 Å². The largest absolute Gasteiger partial charge is 0.495 e. The van der Waals surface area contributed by atoms with Crippen molar-refractivity contribution in [3.8, 4) is 5.75 Å². The van der Waals surface area contributed by atoms with Crippen LogP contribution < -0.4 is 15.4 Å². The van der Waals surface area contributed by atoms with Crippen molar-refractivity contribution < 1.29 is 19.1 Å². The second kappa shape index (κ2) is 10.7. The molecule has 0 saturated carbocycles. The molecule has 0 spiro atoms. The molecule has 0 saturated heterocycles. The van der Waals surface area contributed by atoms with E-state index < -0.39 is 12.0 Å². The van der Waals surface area contributed by atoms with Gasteiger partial charge < -0.3 is 20.1 Å². The highest BCUT2D eigenvalue weighted by molar-refractivity contribution is 8.14. The fourth-order valence-electron chi connectivity index (χ4n) is 3.14. The molecule has 162 valence electrons. The number of rotatable bonds is 7. The summed E-state index contributed by atoms with van der Waals surface area (Å²) in [6.45, 7) is 3.87. The Morgan fingerprint density at radius 1 is 1.13 bits per heavy atom. The summed E-state index contributed by atoms with van der Waals surface area (Å²) in [5, 5.41) is 6.54. The Hall–Kier alpha value is -3.26. The normalized spacial score (nSPS) is 15.6. The summed E-state index contributed by atoms with van der Waals surface area (Å²) in [5.41, 5.74) is 2.62. The van der Waals surface area contributed by atoms with Gasteiger partial charge in [-0.15, -0.1) is 0 Å². The van der Waals surface area contributed by atoms with E-state index >= 15 is 0 Å². The minimum absolute atomic E-state index is 0.146. The van der Waals surface area contributed by atoms with Gasteiger partial charge in [-0.3, -0.25) is 4.79 Å². The van der Waals surface area contributed by atoms with Crippen molar-refractivity contribution in [2.75, 3.05) is 24.8 Å². The Morgan fingerprint density at radius 2 is 1.84 bits per heavy atom. The molecule has 1 heterocycles. The average Bonchev–Trinajstić information content (AvgIpc) is 2.78. The van der Waals surface area contributed by atoms with Crippen molar-refractivity contribution in [2.45, 2.75) is 19.9 Å². The van der Waals surface area contributed by atoms with Crippen molar-refractivity contribution in [2.24, 2.45) is 4.99 Å². The summed E-state index contributed by atoms with van der Waals surface area (Å²) in [5.74, 6) is 0.153. The zero-order valence-corrected chi connectivity index (χ0v) is 18.5. The first-order valence-corrected chi connectivity index (χ1v) is 10.8. The van der Waals surface area contributed by atoms with Gasteiger partial charge in [-0.05, 0) is 31.5 Å². The zero-order valence-electron chi connectivity index (χ0n) is 17.7. The van der Waals surface area contributed by atoms with E-state index in [2.05, 4.69) is 10.6 Å². The lowest BCUT2D eigenvalue weighted by Crippen LogP contribution is -2.31. The van der Waals surface area contributed by atoms with Crippen LogP contribution in [-0.4, -0.2) is 36.5 Å². The molecule has 1 aliphatic heterocycles. The molecule has 0 unspecified atom stereocenters. The van der Waals surface area contributed by atoms with Crippen molar-refractivity contribution in [1.29, 1.82) is 0 Å². The minimum atomic E-state index is -0.499. The van der Waals surface area contributed by atoms with E-state index in [0.717, 1.165) is 5.56 Å². The molecule has 7 nitrogen and oxygen atoms in total. The molecular formula is C23H25N3O4S. The van der Waals surface area contributed by atoms with E-state index in [9.17, 15) is 9.59 Å². The molecule has 0 fully saturated rings. The number of allylic oxidation sites excluding steroid dienone is 1. The third-order valence-electron chi connectivity index (χ3n) is 4.55. The summed E-state index contributed by atoms with van der Waals surface area (Å²) in [6.07, 6.45) is 0. The standard InChI is InChI=1S/C23H25N3O4S/c1-4-30-22(28)20-15(2)24-23(26-21(20)16-10-6-5-7-11-16)31-14-19(27)25-17-12-8-9-13-18(17)29-3/h5-13,21H,4,14H2,1-3H3,(H,24,26)(H,25,27)/t21-/m1/s1. The summed E-state index contributed by atoms with van der Waals surface area (Å²) in [6, 6.07) is 16.3. The topological polar surface area (TPSA) is 89.0 Å². The first-order chi connectivity index (χ1) is 15.0. The maximum Gasteiger partial charge on any atom is 0.338 e. The number of methoxy groups -OCH3 is 1. The van der Waals surface area contributed by atoms with Gasteiger partial charge in [0.15, 0.2) is 5.17 Å². The van der Waals surface area contributed by atoms with Crippen LogP contribution in [0, 0.1) is 0 Å². The van der Waals surface area contributed by atoms with Crippen LogP contribution in [-0.2, 0) is 14.3 Å². The Balaban J connectivity index is 1.74. The van der Waals surface area contributed by atoms with Gasteiger partial charge in [0.2, 0.25) is 5.91 Å². The number of hydrogen-bond acceptors (Lipinski definition) is 7. The first kappa shape index (κ1) is 22.4. The third-order valence-corrected chi connectivity index (χ3v) is 5.44. The number of thioether (sulfide) groups is 1. The fourth-order valence-corrected chi connectivity index (χ4v) is 3.88. The SMILES string of the molecule is CCOC(=O)C1=C(C)NC(SCC(=O)Nc2ccccc2OC)=N[C@@H]1c1ccccc1. The maximum atomic E-state index is 12.6. The summed E-state index contributed by atoms with van der Waals surface area (Å²) >= 11 is 1.27. The van der Waals surface area contributed by atoms with Crippen LogP contribution in [0.2, 0.25) is 0 Å². The molecule has 31 heavy (non-hydrogen) atoms. The second-order valence-corrected chi connectivity index (χ2v) is 7.63.